The van der Waals surface area contributed by atoms with Crippen LogP contribution in [0.25, 0.3) is 0 Å². The number of rotatable bonds is 11. The zero-order chi connectivity index (χ0) is 21.8. The first-order valence-corrected chi connectivity index (χ1v) is 10.1. The lowest BCUT2D eigenvalue weighted by atomic mass is 10.1. The van der Waals surface area contributed by atoms with Gasteiger partial charge in [0.2, 0.25) is 0 Å². The van der Waals surface area contributed by atoms with Crippen LogP contribution >= 0.6 is 0 Å². The van der Waals surface area contributed by atoms with Crippen molar-refractivity contribution in [1.29, 1.82) is 0 Å². The largest absolute Gasteiger partial charge is 0.508 e. The molecule has 7 nitrogen and oxygen atoms in total. The molecule has 0 saturated heterocycles. The Morgan fingerprint density at radius 2 is 1.77 bits per heavy atom. The van der Waals surface area contributed by atoms with Gasteiger partial charge in [-0.1, -0.05) is 42.5 Å². The van der Waals surface area contributed by atoms with Crippen LogP contribution in [0.4, 0.5) is 4.79 Å². The van der Waals surface area contributed by atoms with Crippen molar-refractivity contribution in [1.82, 2.24) is 20.9 Å². The van der Waals surface area contributed by atoms with Gasteiger partial charge in [0.15, 0.2) is 0 Å². The molecule has 0 unspecified atom stereocenters. The van der Waals surface area contributed by atoms with Gasteiger partial charge in [-0.3, -0.25) is 0 Å². The van der Waals surface area contributed by atoms with E-state index in [0.29, 0.717) is 31.8 Å². The summed E-state index contributed by atoms with van der Waals surface area (Å²) in [5.74, 6) is 0.251. The number of nitrogens with two attached hydrogens (primary N) is 1. The number of nitrogens with zero attached hydrogens (tertiary/aromatic N) is 1. The zero-order valence-electron chi connectivity index (χ0n) is 17.8. The summed E-state index contributed by atoms with van der Waals surface area (Å²) in [6, 6.07) is 17.2. The molecule has 0 aliphatic rings. The van der Waals surface area contributed by atoms with E-state index >= 15 is 0 Å². The fourth-order valence-corrected chi connectivity index (χ4v) is 2.90. The van der Waals surface area contributed by atoms with Crippen molar-refractivity contribution in [3.63, 3.8) is 0 Å². The number of hydrogen-bond acceptors (Lipinski definition) is 5. The Hall–Kier alpha value is -3.19. The summed E-state index contributed by atoms with van der Waals surface area (Å²) in [7, 11) is 3.97. The third kappa shape index (κ3) is 8.87. The van der Waals surface area contributed by atoms with Crippen LogP contribution in [-0.2, 0) is 13.0 Å². The van der Waals surface area contributed by atoms with E-state index in [0.717, 1.165) is 12.0 Å². The van der Waals surface area contributed by atoms with Crippen LogP contribution in [0.1, 0.15) is 17.5 Å². The first-order chi connectivity index (χ1) is 14.4. The average molecular weight is 412 g/mol. The minimum absolute atomic E-state index is 0.146. The number of phenols is 1. The van der Waals surface area contributed by atoms with Gasteiger partial charge in [-0.15, -0.1) is 0 Å². The maximum atomic E-state index is 12.1. The van der Waals surface area contributed by atoms with Crippen molar-refractivity contribution in [2.24, 2.45) is 5.73 Å². The van der Waals surface area contributed by atoms with Crippen LogP contribution in [0.5, 0.6) is 5.75 Å². The van der Waals surface area contributed by atoms with E-state index in [1.165, 1.54) is 5.56 Å². The topological polar surface area (TPSA) is 103 Å². The molecule has 30 heavy (non-hydrogen) atoms. The number of hydrogen-bond donors (Lipinski definition) is 5. The van der Waals surface area contributed by atoms with E-state index in [4.69, 9.17) is 5.73 Å². The molecular weight excluding hydrogens is 378 g/mol. The normalized spacial score (nSPS) is 12.4. The molecular formula is C23H33N5O2. The first kappa shape index (κ1) is 23.1. The van der Waals surface area contributed by atoms with Crippen molar-refractivity contribution in [3.05, 3.63) is 77.6 Å². The van der Waals surface area contributed by atoms with E-state index in [1.807, 2.05) is 56.6 Å². The monoisotopic (exact) mass is 411 g/mol. The molecule has 1 atom stereocenters. The van der Waals surface area contributed by atoms with Crippen LogP contribution in [0.2, 0.25) is 0 Å². The second-order valence-corrected chi connectivity index (χ2v) is 7.46. The van der Waals surface area contributed by atoms with E-state index in [2.05, 4.69) is 20.9 Å². The third-order valence-corrected chi connectivity index (χ3v) is 4.77. The lowest BCUT2D eigenvalue weighted by Gasteiger charge is -2.25. The van der Waals surface area contributed by atoms with Gasteiger partial charge in [0, 0.05) is 44.0 Å². The minimum atomic E-state index is -0.211. The van der Waals surface area contributed by atoms with Crippen molar-refractivity contribution in [2.45, 2.75) is 25.4 Å². The number of phenolic OH excluding ortho intramolecular Hbond substituents is 1. The molecule has 0 aliphatic heterocycles. The Bertz CT molecular complexity index is 791. The molecule has 2 amide bonds. The molecule has 0 heterocycles. The number of nitrogens with one attached hydrogen (secondary N) is 3. The van der Waals surface area contributed by atoms with Crippen LogP contribution < -0.4 is 21.7 Å². The van der Waals surface area contributed by atoms with Gasteiger partial charge >= 0.3 is 6.03 Å². The van der Waals surface area contributed by atoms with Gasteiger partial charge in [0.05, 0.1) is 0 Å². The molecule has 7 heteroatoms. The number of carbonyl (C=O) groups is 1. The molecule has 0 spiro atoms. The number of aromatic hydroxyl groups is 1. The lowest BCUT2D eigenvalue weighted by Crippen LogP contribution is -2.45. The molecule has 6 N–H and O–H groups in total. The van der Waals surface area contributed by atoms with Gasteiger partial charge in [0.25, 0.3) is 0 Å². The second-order valence-electron chi connectivity index (χ2n) is 7.46. The first-order valence-electron chi connectivity index (χ1n) is 10.1. The Kier molecular flexibility index (Phi) is 9.54. The highest BCUT2D eigenvalue weighted by Gasteiger charge is 2.13. The predicted molar refractivity (Wildman–Crippen MR) is 121 cm³/mol. The number of amides is 2. The molecule has 0 radical (unpaired) electrons. The van der Waals surface area contributed by atoms with Gasteiger partial charge in [0.1, 0.15) is 5.75 Å². The van der Waals surface area contributed by atoms with E-state index in [9.17, 15) is 9.90 Å². The standard InChI is InChI=1S/C23H33N5O2/c1-28(2)21(14-18-8-10-22(29)11-9-18)17-27-23(30)26-13-12-20(24)16-25-15-19-6-4-3-5-7-19/h3-11,16,21,25,29H,12-15,17,24H2,1-2H3,(H2,26,27,30)/b20-16-/t21-/m0/s1. The molecule has 162 valence electrons. The molecule has 2 rings (SSSR count). The van der Waals surface area contributed by atoms with E-state index in [1.54, 1.807) is 18.3 Å². The molecule has 2 aromatic rings. The molecule has 0 fully saturated rings. The summed E-state index contributed by atoms with van der Waals surface area (Å²) in [6.45, 7) is 1.69. The smallest absolute Gasteiger partial charge is 0.314 e. The number of carbonyl (C=O) groups excluding carboxylic acids is 1. The van der Waals surface area contributed by atoms with Crippen LogP contribution in [0, 0.1) is 0 Å². The number of urea groups is 1. The van der Waals surface area contributed by atoms with Crippen LogP contribution in [0.15, 0.2) is 66.5 Å². The molecule has 0 aromatic heterocycles. The van der Waals surface area contributed by atoms with Gasteiger partial charge < -0.3 is 31.7 Å². The van der Waals surface area contributed by atoms with Crippen molar-refractivity contribution in [2.75, 3.05) is 27.2 Å². The van der Waals surface area contributed by atoms with Crippen molar-refractivity contribution >= 4 is 6.03 Å². The highest BCUT2D eigenvalue weighted by atomic mass is 16.3. The Balaban J connectivity index is 1.66. The van der Waals surface area contributed by atoms with Gasteiger partial charge in [-0.25, -0.2) is 4.79 Å². The summed E-state index contributed by atoms with van der Waals surface area (Å²) in [5.41, 5.74) is 8.96. The van der Waals surface area contributed by atoms with Crippen LogP contribution in [-0.4, -0.2) is 49.3 Å². The Morgan fingerprint density at radius 3 is 2.43 bits per heavy atom. The fraction of sp³-hybridized carbons (Fsp3) is 0.348. The maximum absolute atomic E-state index is 12.1. The van der Waals surface area contributed by atoms with Gasteiger partial charge in [-0.2, -0.15) is 0 Å². The van der Waals surface area contributed by atoms with E-state index in [-0.39, 0.29) is 17.8 Å². The zero-order valence-corrected chi connectivity index (χ0v) is 17.8. The number of benzene rings is 2. The van der Waals surface area contributed by atoms with Crippen molar-refractivity contribution in [3.8, 4) is 5.75 Å². The molecule has 0 saturated carbocycles. The molecule has 2 aromatic carbocycles. The summed E-state index contributed by atoms with van der Waals surface area (Å²) in [4.78, 5) is 14.2. The highest BCUT2D eigenvalue weighted by Crippen LogP contribution is 2.12. The van der Waals surface area contributed by atoms with E-state index < -0.39 is 0 Å². The Labute approximate surface area is 179 Å². The summed E-state index contributed by atoms with van der Waals surface area (Å²) in [6.07, 6.45) is 3.13. The second kappa shape index (κ2) is 12.4. The quantitative estimate of drug-likeness (QED) is 0.390. The summed E-state index contributed by atoms with van der Waals surface area (Å²) < 4.78 is 0. The predicted octanol–water partition coefficient (Wildman–Crippen LogP) is 2.14. The summed E-state index contributed by atoms with van der Waals surface area (Å²) >= 11 is 0. The minimum Gasteiger partial charge on any atom is -0.508 e. The third-order valence-electron chi connectivity index (χ3n) is 4.77. The van der Waals surface area contributed by atoms with Crippen LogP contribution in [0.3, 0.4) is 0 Å². The lowest BCUT2D eigenvalue weighted by molar-refractivity contribution is 0.232. The highest BCUT2D eigenvalue weighted by molar-refractivity contribution is 5.73. The Morgan fingerprint density at radius 1 is 1.07 bits per heavy atom. The maximum Gasteiger partial charge on any atom is 0.314 e. The molecule has 0 bridgehead atoms. The number of likely N-dealkylation sites (N-methyl/N-ethyl adjacent to an activating group) is 1. The average Bonchev–Trinajstić information content (AvgIpc) is 2.73. The SMILES string of the molecule is CN(C)[C@H](CNC(=O)NCC/C(N)=C/NCc1ccccc1)Cc1ccc(O)cc1. The summed E-state index contributed by atoms with van der Waals surface area (Å²) in [5, 5.41) is 18.3. The van der Waals surface area contributed by atoms with Gasteiger partial charge in [-0.05, 0) is 43.8 Å². The molecule has 0 aliphatic carbocycles. The van der Waals surface area contributed by atoms with Crippen molar-refractivity contribution < 1.29 is 9.90 Å². The fourth-order valence-electron chi connectivity index (χ4n) is 2.90.